The fraction of sp³-hybridized carbons (Fsp3) is 0.632. The molecule has 1 atom stereocenters. The van der Waals surface area contributed by atoms with Gasteiger partial charge in [0.15, 0.2) is 5.60 Å². The first kappa shape index (κ1) is 21.7. The molecule has 2 fully saturated rings. The molecule has 1 saturated heterocycles. The Morgan fingerprint density at radius 2 is 1.93 bits per heavy atom. The van der Waals surface area contributed by atoms with Gasteiger partial charge in [0, 0.05) is 13.0 Å². The Hall–Kier alpha value is -1.02. The predicted molar refractivity (Wildman–Crippen MR) is 108 cm³/mol. The third-order valence-electron chi connectivity index (χ3n) is 5.44. The van der Waals surface area contributed by atoms with E-state index >= 15 is 0 Å². The molecule has 156 valence electrons. The fourth-order valence-corrected chi connectivity index (χ4v) is 4.70. The van der Waals surface area contributed by atoms with Gasteiger partial charge in [-0.15, -0.1) is 0 Å². The van der Waals surface area contributed by atoms with E-state index in [9.17, 15) is 13.2 Å². The molecule has 1 aliphatic heterocycles. The summed E-state index contributed by atoms with van der Waals surface area (Å²) in [6, 6.07) is 5.07. The number of hydrogen-bond acceptors (Lipinski definition) is 5. The second-order valence-electron chi connectivity index (χ2n) is 7.65. The van der Waals surface area contributed by atoms with E-state index in [4.69, 9.17) is 32.1 Å². The lowest BCUT2D eigenvalue weighted by atomic mass is 9.88. The zero-order valence-electron chi connectivity index (χ0n) is 15.8. The summed E-state index contributed by atoms with van der Waals surface area (Å²) in [5, 5.41) is 0.751. The summed E-state index contributed by atoms with van der Waals surface area (Å²) in [4.78, 5) is 14.4. The van der Waals surface area contributed by atoms with Crippen LogP contribution in [0.1, 0.15) is 44.1 Å². The molecular weight excluding hydrogens is 425 g/mol. The number of ether oxygens (including phenoxy) is 1. The first-order chi connectivity index (χ1) is 13.2. The van der Waals surface area contributed by atoms with Gasteiger partial charge in [0.25, 0.3) is 10.1 Å². The molecule has 0 radical (unpaired) electrons. The summed E-state index contributed by atoms with van der Waals surface area (Å²) in [7, 11) is -3.59. The Morgan fingerprint density at radius 3 is 2.57 bits per heavy atom. The highest BCUT2D eigenvalue weighted by Gasteiger charge is 2.47. The molecule has 28 heavy (non-hydrogen) atoms. The minimum absolute atomic E-state index is 0.0936. The van der Waals surface area contributed by atoms with Crippen LogP contribution >= 0.6 is 23.2 Å². The van der Waals surface area contributed by atoms with Crippen LogP contribution in [0.4, 0.5) is 4.79 Å². The molecule has 1 aromatic rings. The second-order valence-corrected chi connectivity index (χ2v) is 10.1. The van der Waals surface area contributed by atoms with Gasteiger partial charge in [-0.3, -0.25) is 4.18 Å². The van der Waals surface area contributed by atoms with Gasteiger partial charge >= 0.3 is 6.09 Å². The number of carbonyl (C=O) groups is 1. The van der Waals surface area contributed by atoms with Crippen molar-refractivity contribution < 1.29 is 22.1 Å². The quantitative estimate of drug-likeness (QED) is 0.569. The number of nitrogens with zero attached hydrogens (tertiary/aromatic N) is 1. The number of cyclic esters (lactones) is 1. The average Bonchev–Trinajstić information content (AvgIpc) is 2.94. The van der Waals surface area contributed by atoms with Gasteiger partial charge in [-0.25, -0.2) is 4.79 Å². The molecule has 6 nitrogen and oxygen atoms in total. The van der Waals surface area contributed by atoms with Crippen molar-refractivity contribution >= 4 is 39.4 Å². The molecule has 1 heterocycles. The predicted octanol–water partition coefficient (Wildman–Crippen LogP) is 4.59. The maximum Gasteiger partial charge on any atom is 0.410 e. The Balaban J connectivity index is 1.81. The van der Waals surface area contributed by atoms with Gasteiger partial charge in [0.2, 0.25) is 0 Å². The highest BCUT2D eigenvalue weighted by molar-refractivity contribution is 7.85. The SMILES string of the molecule is CS(=O)(=O)OCC[C@@]1(c2ccc(Cl)c(Cl)c2)CN(CC2CCCCC2)C(=O)O1. The van der Waals surface area contributed by atoms with E-state index in [2.05, 4.69) is 0 Å². The van der Waals surface area contributed by atoms with E-state index in [1.54, 1.807) is 23.1 Å². The average molecular weight is 450 g/mol. The lowest BCUT2D eigenvalue weighted by Crippen LogP contribution is -2.36. The summed E-state index contributed by atoms with van der Waals surface area (Å²) < 4.78 is 33.4. The molecule has 1 saturated carbocycles. The van der Waals surface area contributed by atoms with Gasteiger partial charge in [-0.05, 0) is 36.5 Å². The zero-order chi connectivity index (χ0) is 20.4. The smallest absolute Gasteiger partial charge is 0.410 e. The van der Waals surface area contributed by atoms with Crippen molar-refractivity contribution in [3.8, 4) is 0 Å². The highest BCUT2D eigenvalue weighted by Crippen LogP contribution is 2.40. The van der Waals surface area contributed by atoms with Crippen LogP contribution < -0.4 is 0 Å². The zero-order valence-corrected chi connectivity index (χ0v) is 18.2. The summed E-state index contributed by atoms with van der Waals surface area (Å²) in [5.74, 6) is 0.471. The summed E-state index contributed by atoms with van der Waals surface area (Å²) in [6.45, 7) is 0.881. The van der Waals surface area contributed by atoms with Gasteiger partial charge in [-0.2, -0.15) is 8.42 Å². The molecule has 2 aliphatic rings. The molecule has 0 bridgehead atoms. The minimum atomic E-state index is -3.59. The number of halogens is 2. The summed E-state index contributed by atoms with van der Waals surface area (Å²) in [6.07, 6.45) is 6.65. The highest BCUT2D eigenvalue weighted by atomic mass is 35.5. The van der Waals surface area contributed by atoms with Gasteiger partial charge < -0.3 is 9.64 Å². The molecule has 0 N–H and O–H groups in total. The van der Waals surface area contributed by atoms with Crippen LogP contribution in [0.2, 0.25) is 10.0 Å². The molecule has 0 spiro atoms. The van der Waals surface area contributed by atoms with Crippen molar-refractivity contribution in [3.05, 3.63) is 33.8 Å². The van der Waals surface area contributed by atoms with Crippen LogP contribution in [-0.4, -0.2) is 45.4 Å². The normalized spacial score (nSPS) is 23.8. The maximum absolute atomic E-state index is 12.6. The van der Waals surface area contributed by atoms with E-state index in [1.807, 2.05) is 0 Å². The lowest BCUT2D eigenvalue weighted by molar-refractivity contribution is 0.0362. The molecule has 1 aliphatic carbocycles. The van der Waals surface area contributed by atoms with Crippen LogP contribution in [0.25, 0.3) is 0 Å². The maximum atomic E-state index is 12.6. The minimum Gasteiger partial charge on any atom is -0.436 e. The molecule has 1 amide bonds. The third kappa shape index (κ3) is 5.32. The van der Waals surface area contributed by atoms with Gasteiger partial charge in [0.05, 0.1) is 29.5 Å². The van der Waals surface area contributed by atoms with Crippen LogP contribution in [-0.2, 0) is 24.6 Å². The summed E-state index contributed by atoms with van der Waals surface area (Å²) >= 11 is 12.2. The lowest BCUT2D eigenvalue weighted by Gasteiger charge is -2.29. The van der Waals surface area contributed by atoms with Gasteiger partial charge in [-0.1, -0.05) is 48.5 Å². The van der Waals surface area contributed by atoms with Crippen molar-refractivity contribution in [1.82, 2.24) is 4.90 Å². The topological polar surface area (TPSA) is 72.9 Å². The molecule has 1 aromatic carbocycles. The van der Waals surface area contributed by atoms with Crippen LogP contribution in [0.15, 0.2) is 18.2 Å². The van der Waals surface area contributed by atoms with E-state index in [-0.39, 0.29) is 13.0 Å². The number of carbonyl (C=O) groups excluding carboxylic acids is 1. The Bertz CT molecular complexity index is 826. The standard InChI is InChI=1S/C19H25Cl2NO5S/c1-28(24,25)26-10-9-19(15-7-8-16(20)17(21)11-15)13-22(18(23)27-19)12-14-5-3-2-4-6-14/h7-8,11,14H,2-6,9-10,12-13H2,1H3/t19-/m0/s1. The molecule has 0 unspecified atom stereocenters. The van der Waals surface area contributed by atoms with E-state index in [0.717, 1.165) is 19.1 Å². The number of rotatable bonds is 7. The first-order valence-corrected chi connectivity index (χ1v) is 12.0. The Kier molecular flexibility index (Phi) is 6.80. The van der Waals surface area contributed by atoms with Crippen molar-refractivity contribution in [2.75, 3.05) is 26.0 Å². The largest absolute Gasteiger partial charge is 0.436 e. The molecular formula is C19H25Cl2NO5S. The van der Waals surface area contributed by atoms with Crippen molar-refractivity contribution in [2.45, 2.75) is 44.1 Å². The summed E-state index contributed by atoms with van der Waals surface area (Å²) in [5.41, 5.74) is -0.344. The van der Waals surface area contributed by atoms with E-state index in [1.165, 1.54) is 19.3 Å². The second kappa shape index (κ2) is 8.78. The van der Waals surface area contributed by atoms with Gasteiger partial charge in [0.1, 0.15) is 0 Å². The van der Waals surface area contributed by atoms with Crippen LogP contribution in [0.5, 0.6) is 0 Å². The number of amides is 1. The Morgan fingerprint density at radius 1 is 1.21 bits per heavy atom. The first-order valence-electron chi connectivity index (χ1n) is 9.46. The van der Waals surface area contributed by atoms with Crippen LogP contribution in [0.3, 0.4) is 0 Å². The Labute approximate surface area is 176 Å². The van der Waals surface area contributed by atoms with E-state index in [0.29, 0.717) is 34.6 Å². The molecule has 3 rings (SSSR count). The van der Waals surface area contributed by atoms with Crippen LogP contribution in [0, 0.1) is 5.92 Å². The van der Waals surface area contributed by atoms with E-state index < -0.39 is 21.8 Å². The van der Waals surface area contributed by atoms with Crippen molar-refractivity contribution in [1.29, 1.82) is 0 Å². The number of benzene rings is 1. The fourth-order valence-electron chi connectivity index (χ4n) is 4.02. The van der Waals surface area contributed by atoms with Crippen molar-refractivity contribution in [2.24, 2.45) is 5.92 Å². The molecule has 0 aromatic heterocycles. The number of hydrogen-bond donors (Lipinski definition) is 0. The molecule has 9 heteroatoms. The van der Waals surface area contributed by atoms with Crippen molar-refractivity contribution in [3.63, 3.8) is 0 Å². The third-order valence-corrected chi connectivity index (χ3v) is 6.77. The monoisotopic (exact) mass is 449 g/mol.